The summed E-state index contributed by atoms with van der Waals surface area (Å²) in [4.78, 5) is 18.6. The van der Waals surface area contributed by atoms with Crippen LogP contribution < -0.4 is 10.6 Å². The van der Waals surface area contributed by atoms with E-state index in [4.69, 9.17) is 0 Å². The summed E-state index contributed by atoms with van der Waals surface area (Å²) in [5.74, 6) is 0.887. The van der Waals surface area contributed by atoms with Gasteiger partial charge in [0.15, 0.2) is 5.96 Å². The van der Waals surface area contributed by atoms with Gasteiger partial charge in [-0.05, 0) is 49.9 Å². The smallest absolute Gasteiger partial charge is 0.253 e. The fraction of sp³-hybridized carbons (Fsp3) is 0.417. The second kappa shape index (κ2) is 11.3. The number of amides is 1. The second-order valence-electron chi connectivity index (χ2n) is 7.60. The summed E-state index contributed by atoms with van der Waals surface area (Å²) in [6.07, 6.45) is 2.42. The summed E-state index contributed by atoms with van der Waals surface area (Å²) in [5.41, 5.74) is 3.49. The van der Waals surface area contributed by atoms with Crippen molar-refractivity contribution in [2.75, 3.05) is 26.7 Å². The molecule has 0 aromatic heterocycles. The molecule has 1 saturated carbocycles. The molecule has 5 nitrogen and oxygen atoms in total. The zero-order chi connectivity index (χ0) is 20.7. The predicted molar refractivity (Wildman–Crippen MR) is 135 cm³/mol. The first-order valence-electron chi connectivity index (χ1n) is 10.5. The molecular weight excluding hydrogens is 487 g/mol. The molecule has 0 unspecified atom stereocenters. The number of rotatable bonds is 8. The Morgan fingerprint density at radius 2 is 1.63 bits per heavy atom. The Hall–Kier alpha value is -2.09. The molecule has 0 atom stereocenters. The molecule has 0 saturated heterocycles. The predicted octanol–water partition coefficient (Wildman–Crippen LogP) is 4.18. The molecule has 1 fully saturated rings. The topological polar surface area (TPSA) is 56.7 Å². The van der Waals surface area contributed by atoms with Crippen molar-refractivity contribution >= 4 is 35.8 Å². The number of nitrogens with zero attached hydrogens (tertiary/aromatic N) is 2. The zero-order valence-electron chi connectivity index (χ0n) is 18.1. The number of carbonyl (C=O) groups is 1. The molecule has 2 aromatic rings. The van der Waals surface area contributed by atoms with E-state index in [0.717, 1.165) is 36.7 Å². The largest absolute Gasteiger partial charge is 0.356 e. The summed E-state index contributed by atoms with van der Waals surface area (Å²) in [7, 11) is 1.79. The molecule has 162 valence electrons. The lowest BCUT2D eigenvalue weighted by atomic mass is 9.96. The van der Waals surface area contributed by atoms with Gasteiger partial charge in [0, 0.05) is 44.2 Å². The molecule has 2 N–H and O–H groups in total. The van der Waals surface area contributed by atoms with Gasteiger partial charge in [0.05, 0.1) is 0 Å². The van der Waals surface area contributed by atoms with E-state index in [1.54, 1.807) is 7.05 Å². The van der Waals surface area contributed by atoms with Gasteiger partial charge in [0.1, 0.15) is 0 Å². The van der Waals surface area contributed by atoms with Crippen LogP contribution in [0.2, 0.25) is 0 Å². The van der Waals surface area contributed by atoms with Crippen molar-refractivity contribution < 1.29 is 4.79 Å². The molecule has 6 heteroatoms. The number of halogens is 1. The van der Waals surface area contributed by atoms with Gasteiger partial charge in [-0.3, -0.25) is 9.79 Å². The first kappa shape index (κ1) is 24.2. The lowest BCUT2D eigenvalue weighted by Gasteiger charge is -2.19. The average Bonchev–Trinajstić information content (AvgIpc) is 3.57. The number of nitrogens with one attached hydrogen (secondary N) is 2. The third kappa shape index (κ3) is 5.97. The molecule has 3 rings (SSSR count). The minimum absolute atomic E-state index is 0. The molecule has 30 heavy (non-hydrogen) atoms. The van der Waals surface area contributed by atoms with Crippen molar-refractivity contribution in [1.29, 1.82) is 0 Å². The van der Waals surface area contributed by atoms with E-state index in [2.05, 4.69) is 46.0 Å². The molecule has 0 heterocycles. The fourth-order valence-electron chi connectivity index (χ4n) is 3.63. The maximum Gasteiger partial charge on any atom is 0.253 e. The van der Waals surface area contributed by atoms with Gasteiger partial charge in [-0.2, -0.15) is 0 Å². The van der Waals surface area contributed by atoms with Gasteiger partial charge in [-0.15, -0.1) is 24.0 Å². The fourth-order valence-corrected chi connectivity index (χ4v) is 3.63. The summed E-state index contributed by atoms with van der Waals surface area (Å²) in [6.45, 7) is 7.01. The summed E-state index contributed by atoms with van der Waals surface area (Å²) in [6, 6.07) is 18.5. The number of hydrogen-bond acceptors (Lipinski definition) is 2. The Morgan fingerprint density at radius 3 is 2.17 bits per heavy atom. The Labute approximate surface area is 197 Å². The van der Waals surface area contributed by atoms with Crippen LogP contribution in [0.25, 0.3) is 0 Å². The monoisotopic (exact) mass is 520 g/mol. The number of guanidine groups is 1. The van der Waals surface area contributed by atoms with E-state index in [-0.39, 0.29) is 35.3 Å². The average molecular weight is 520 g/mol. The van der Waals surface area contributed by atoms with E-state index in [9.17, 15) is 4.79 Å². The van der Waals surface area contributed by atoms with Crippen LogP contribution in [0.1, 0.15) is 48.2 Å². The molecule has 2 aromatic carbocycles. The van der Waals surface area contributed by atoms with Crippen LogP contribution in [0, 0.1) is 0 Å². The Balaban J connectivity index is 0.00000320. The molecule has 1 aliphatic rings. The van der Waals surface area contributed by atoms with Crippen molar-refractivity contribution in [3.05, 3.63) is 71.3 Å². The normalized spacial score (nSPS) is 14.4. The molecular formula is C24H33IN4O. The van der Waals surface area contributed by atoms with E-state index in [1.807, 2.05) is 43.0 Å². The summed E-state index contributed by atoms with van der Waals surface area (Å²) in [5, 5.41) is 6.85. The minimum atomic E-state index is 0. The van der Waals surface area contributed by atoms with E-state index in [0.29, 0.717) is 6.54 Å². The maximum absolute atomic E-state index is 12.4. The van der Waals surface area contributed by atoms with Crippen molar-refractivity contribution in [1.82, 2.24) is 15.5 Å². The molecule has 0 aliphatic heterocycles. The first-order valence-corrected chi connectivity index (χ1v) is 10.5. The van der Waals surface area contributed by atoms with Gasteiger partial charge in [0.25, 0.3) is 5.91 Å². The molecule has 0 radical (unpaired) electrons. The molecule has 1 amide bonds. The summed E-state index contributed by atoms with van der Waals surface area (Å²) >= 11 is 0. The standard InChI is InChI=1S/C24H32N4O.HI/c1-4-28(5-2)22(29)20-13-11-19(12-14-20)17-26-23(25-3)27-18-24(15-16-24)21-9-7-6-8-10-21;/h6-14H,4-5,15-18H2,1-3H3,(H2,25,26,27);1H. The number of carbonyl (C=O) groups excluding carboxylic acids is 1. The Kier molecular flexibility index (Phi) is 9.14. The van der Waals surface area contributed by atoms with E-state index >= 15 is 0 Å². The van der Waals surface area contributed by atoms with Crippen LogP contribution >= 0.6 is 24.0 Å². The number of benzene rings is 2. The van der Waals surface area contributed by atoms with Crippen molar-refractivity contribution in [2.24, 2.45) is 4.99 Å². The Bertz CT molecular complexity index is 828. The van der Waals surface area contributed by atoms with Crippen LogP contribution in [-0.2, 0) is 12.0 Å². The SMILES string of the molecule is CCN(CC)C(=O)c1ccc(CNC(=NC)NCC2(c3ccccc3)CC2)cc1.I. The van der Waals surface area contributed by atoms with Crippen molar-refractivity contribution in [2.45, 2.75) is 38.6 Å². The van der Waals surface area contributed by atoms with Crippen LogP contribution in [0.5, 0.6) is 0 Å². The summed E-state index contributed by atoms with van der Waals surface area (Å²) < 4.78 is 0. The van der Waals surface area contributed by atoms with E-state index < -0.39 is 0 Å². The highest BCUT2D eigenvalue weighted by Gasteiger charge is 2.43. The Morgan fingerprint density at radius 1 is 1.00 bits per heavy atom. The third-order valence-electron chi connectivity index (χ3n) is 5.77. The highest BCUT2D eigenvalue weighted by molar-refractivity contribution is 14.0. The third-order valence-corrected chi connectivity index (χ3v) is 5.77. The lowest BCUT2D eigenvalue weighted by molar-refractivity contribution is 0.0773. The van der Waals surface area contributed by atoms with Gasteiger partial charge in [-0.25, -0.2) is 0 Å². The van der Waals surface area contributed by atoms with Gasteiger partial charge in [-0.1, -0.05) is 42.5 Å². The molecule has 0 bridgehead atoms. The zero-order valence-corrected chi connectivity index (χ0v) is 20.5. The van der Waals surface area contributed by atoms with Crippen molar-refractivity contribution in [3.8, 4) is 0 Å². The van der Waals surface area contributed by atoms with Crippen LogP contribution in [0.4, 0.5) is 0 Å². The second-order valence-corrected chi connectivity index (χ2v) is 7.60. The first-order chi connectivity index (χ1) is 14.1. The minimum Gasteiger partial charge on any atom is -0.356 e. The van der Waals surface area contributed by atoms with Gasteiger partial charge < -0.3 is 15.5 Å². The molecule has 0 spiro atoms. The van der Waals surface area contributed by atoms with E-state index in [1.165, 1.54) is 18.4 Å². The highest BCUT2D eigenvalue weighted by atomic mass is 127. The van der Waals surface area contributed by atoms with Crippen LogP contribution in [0.15, 0.2) is 59.6 Å². The number of hydrogen-bond donors (Lipinski definition) is 2. The quantitative estimate of drug-likeness (QED) is 0.312. The highest BCUT2D eigenvalue weighted by Crippen LogP contribution is 2.47. The molecule has 1 aliphatic carbocycles. The maximum atomic E-state index is 12.4. The van der Waals surface area contributed by atoms with Gasteiger partial charge in [0.2, 0.25) is 0 Å². The van der Waals surface area contributed by atoms with Crippen molar-refractivity contribution in [3.63, 3.8) is 0 Å². The van der Waals surface area contributed by atoms with Crippen LogP contribution in [0.3, 0.4) is 0 Å². The lowest BCUT2D eigenvalue weighted by Crippen LogP contribution is -2.40. The number of aliphatic imine (C=N–C) groups is 1. The van der Waals surface area contributed by atoms with Crippen LogP contribution in [-0.4, -0.2) is 43.4 Å². The van der Waals surface area contributed by atoms with Gasteiger partial charge >= 0.3 is 0 Å².